The molecule has 0 amide bonds. The molecule has 0 saturated heterocycles. The van der Waals surface area contributed by atoms with Gasteiger partial charge in [0.1, 0.15) is 10.1 Å². The molecule has 8 heteroatoms. The Morgan fingerprint density at radius 3 is 1.71 bits per heavy atom. The molecule has 24 heavy (non-hydrogen) atoms. The van der Waals surface area contributed by atoms with E-state index in [0.29, 0.717) is 11.3 Å². The molecule has 1 aliphatic carbocycles. The largest absolute Gasteiger partial charge is 0.497 e. The Kier molecular flexibility index (Phi) is 4.16. The minimum atomic E-state index is -2.22. The minimum absolute atomic E-state index is 0.495. The van der Waals surface area contributed by atoms with Crippen LogP contribution in [0, 0.1) is 29.1 Å². The highest BCUT2D eigenvalue weighted by Crippen LogP contribution is 2.70. The summed E-state index contributed by atoms with van der Waals surface area (Å²) >= 11 is 12.1. The van der Waals surface area contributed by atoms with Gasteiger partial charge in [0.15, 0.2) is 23.3 Å². The second-order valence-electron chi connectivity index (χ2n) is 5.39. The zero-order valence-corrected chi connectivity index (χ0v) is 13.5. The molecule has 3 rings (SSSR count). The predicted molar refractivity (Wildman–Crippen MR) is 79.1 cm³/mol. The summed E-state index contributed by atoms with van der Waals surface area (Å²) in [5, 5.41) is 0. The summed E-state index contributed by atoms with van der Waals surface area (Å²) < 4.78 is 71.3. The van der Waals surface area contributed by atoms with Crippen LogP contribution in [0.2, 0.25) is 0 Å². The number of rotatable bonds is 3. The van der Waals surface area contributed by atoms with Crippen molar-refractivity contribution in [2.24, 2.45) is 0 Å². The van der Waals surface area contributed by atoms with Crippen LogP contribution in [0.25, 0.3) is 0 Å². The molecule has 0 aromatic heterocycles. The topological polar surface area (TPSA) is 9.23 Å². The Morgan fingerprint density at radius 1 is 0.792 bits per heavy atom. The van der Waals surface area contributed by atoms with E-state index in [4.69, 9.17) is 27.9 Å². The average molecular weight is 383 g/mol. The number of alkyl halides is 2. The lowest BCUT2D eigenvalue weighted by Gasteiger charge is -2.08. The van der Waals surface area contributed by atoms with Crippen LogP contribution in [0.15, 0.2) is 24.3 Å². The lowest BCUT2D eigenvalue weighted by molar-refractivity contribution is 0.369. The molecule has 0 N–H and O–H groups in total. The molecule has 2 aromatic carbocycles. The van der Waals surface area contributed by atoms with Gasteiger partial charge in [-0.15, -0.1) is 23.2 Å². The highest BCUT2D eigenvalue weighted by atomic mass is 35.5. The second kappa shape index (κ2) is 5.77. The monoisotopic (exact) mass is 382 g/mol. The SMILES string of the molecule is COc1ccc([C@@H]2[C@@H](c3c(F)c(F)c(F)c(F)c3F)C2(Cl)Cl)cc1. The number of ether oxygens (including phenoxy) is 1. The van der Waals surface area contributed by atoms with Crippen LogP contribution < -0.4 is 4.74 Å². The number of halogens is 7. The van der Waals surface area contributed by atoms with Gasteiger partial charge >= 0.3 is 0 Å². The fourth-order valence-electron chi connectivity index (χ4n) is 2.81. The van der Waals surface area contributed by atoms with Gasteiger partial charge in [-0.05, 0) is 17.7 Å². The quantitative estimate of drug-likeness (QED) is 0.297. The molecule has 0 aliphatic heterocycles. The summed E-state index contributed by atoms with van der Waals surface area (Å²) in [7, 11) is 1.46. The van der Waals surface area contributed by atoms with E-state index in [1.54, 1.807) is 24.3 Å². The minimum Gasteiger partial charge on any atom is -0.497 e. The van der Waals surface area contributed by atoms with Crippen molar-refractivity contribution in [2.75, 3.05) is 7.11 Å². The van der Waals surface area contributed by atoms with E-state index in [1.165, 1.54) is 7.11 Å². The molecule has 0 heterocycles. The maximum Gasteiger partial charge on any atom is 0.200 e. The van der Waals surface area contributed by atoms with Crippen LogP contribution >= 0.6 is 23.2 Å². The molecular weight excluding hydrogens is 374 g/mol. The van der Waals surface area contributed by atoms with Gasteiger partial charge in [-0.1, -0.05) is 12.1 Å². The van der Waals surface area contributed by atoms with Crippen molar-refractivity contribution in [3.63, 3.8) is 0 Å². The van der Waals surface area contributed by atoms with Crippen molar-refractivity contribution < 1.29 is 26.7 Å². The second-order valence-corrected chi connectivity index (χ2v) is 6.83. The van der Waals surface area contributed by atoms with Crippen LogP contribution in [0.4, 0.5) is 22.0 Å². The Hall–Kier alpha value is -1.53. The molecule has 2 aromatic rings. The summed E-state index contributed by atoms with van der Waals surface area (Å²) in [4.78, 5) is 0. The lowest BCUT2D eigenvalue weighted by Crippen LogP contribution is -2.08. The third-order valence-corrected chi connectivity index (χ3v) is 5.02. The van der Waals surface area contributed by atoms with E-state index in [9.17, 15) is 22.0 Å². The van der Waals surface area contributed by atoms with Gasteiger partial charge in [0, 0.05) is 17.4 Å². The van der Waals surface area contributed by atoms with Crippen LogP contribution in [-0.4, -0.2) is 11.4 Å². The highest BCUT2D eigenvalue weighted by Gasteiger charge is 2.66. The van der Waals surface area contributed by atoms with Crippen molar-refractivity contribution >= 4 is 23.2 Å². The molecule has 0 radical (unpaired) electrons. The van der Waals surface area contributed by atoms with E-state index in [2.05, 4.69) is 0 Å². The smallest absolute Gasteiger partial charge is 0.200 e. The summed E-state index contributed by atoms with van der Waals surface area (Å²) in [6, 6.07) is 6.28. The van der Waals surface area contributed by atoms with Crippen LogP contribution in [0.1, 0.15) is 23.0 Å². The van der Waals surface area contributed by atoms with Gasteiger partial charge in [0.05, 0.1) is 7.11 Å². The van der Waals surface area contributed by atoms with Crippen LogP contribution in [0.5, 0.6) is 5.75 Å². The Bertz CT molecular complexity index is 778. The summed E-state index contributed by atoms with van der Waals surface area (Å²) in [6.07, 6.45) is 0. The highest BCUT2D eigenvalue weighted by molar-refractivity contribution is 6.52. The molecule has 1 saturated carbocycles. The van der Waals surface area contributed by atoms with Gasteiger partial charge in [-0.3, -0.25) is 0 Å². The maximum atomic E-state index is 14.0. The lowest BCUT2D eigenvalue weighted by atomic mass is 10.0. The van der Waals surface area contributed by atoms with E-state index in [0.717, 1.165) is 0 Å². The van der Waals surface area contributed by atoms with Gasteiger partial charge in [-0.25, -0.2) is 22.0 Å². The Balaban J connectivity index is 2.07. The fraction of sp³-hybridized carbons (Fsp3) is 0.250. The van der Waals surface area contributed by atoms with Gasteiger partial charge < -0.3 is 4.74 Å². The van der Waals surface area contributed by atoms with Crippen molar-refractivity contribution in [3.05, 3.63) is 64.5 Å². The average Bonchev–Trinajstić information content (AvgIpc) is 3.13. The Morgan fingerprint density at radius 2 is 1.25 bits per heavy atom. The third kappa shape index (κ3) is 2.43. The molecule has 0 bridgehead atoms. The normalized spacial score (nSPS) is 21.7. The standard InChI is InChI=1S/C16H9Cl2F5O/c1-24-7-4-2-6(3-5-7)9-10(16(9,17)18)8-11(19)13(21)15(23)14(22)12(8)20/h2-5,9-10H,1H3/t9-,10-/m1/s1. The predicted octanol–water partition coefficient (Wildman–Crippen LogP) is 5.45. The number of hydrogen-bond donors (Lipinski definition) is 0. The number of methoxy groups -OCH3 is 1. The zero-order valence-electron chi connectivity index (χ0n) is 12.0. The first-order valence-electron chi connectivity index (χ1n) is 6.74. The molecule has 1 aliphatic rings. The van der Waals surface area contributed by atoms with Crippen molar-refractivity contribution in [1.82, 2.24) is 0 Å². The fourth-order valence-corrected chi connectivity index (χ4v) is 3.65. The van der Waals surface area contributed by atoms with Gasteiger partial charge in [-0.2, -0.15) is 0 Å². The number of benzene rings is 2. The van der Waals surface area contributed by atoms with Crippen LogP contribution in [-0.2, 0) is 0 Å². The molecule has 0 unspecified atom stereocenters. The third-order valence-electron chi connectivity index (χ3n) is 4.08. The van der Waals surface area contributed by atoms with E-state index in [-0.39, 0.29) is 0 Å². The number of hydrogen-bond acceptors (Lipinski definition) is 1. The summed E-state index contributed by atoms with van der Waals surface area (Å²) in [5.41, 5.74) is -0.507. The molecule has 1 fully saturated rings. The summed E-state index contributed by atoms with van der Waals surface area (Å²) in [6.45, 7) is 0. The molecule has 2 atom stereocenters. The van der Waals surface area contributed by atoms with E-state index in [1.807, 2.05) is 0 Å². The van der Waals surface area contributed by atoms with E-state index < -0.39 is 50.8 Å². The first-order valence-corrected chi connectivity index (χ1v) is 7.50. The first-order chi connectivity index (χ1) is 11.2. The maximum absolute atomic E-state index is 14.0. The van der Waals surface area contributed by atoms with Crippen molar-refractivity contribution in [3.8, 4) is 5.75 Å². The van der Waals surface area contributed by atoms with Crippen molar-refractivity contribution in [2.45, 2.75) is 16.2 Å². The molecule has 0 spiro atoms. The molecule has 128 valence electrons. The van der Waals surface area contributed by atoms with Gasteiger partial charge in [0.2, 0.25) is 5.82 Å². The first kappa shape index (κ1) is 17.3. The molecular formula is C16H9Cl2F5O. The summed E-state index contributed by atoms with van der Waals surface area (Å²) in [5.74, 6) is -11.6. The Labute approximate surface area is 143 Å². The van der Waals surface area contributed by atoms with Crippen LogP contribution in [0.3, 0.4) is 0 Å². The zero-order chi connectivity index (χ0) is 17.8. The van der Waals surface area contributed by atoms with Gasteiger partial charge in [0.25, 0.3) is 0 Å². The molecule has 1 nitrogen and oxygen atoms in total. The van der Waals surface area contributed by atoms with E-state index >= 15 is 0 Å². The van der Waals surface area contributed by atoms with Crippen molar-refractivity contribution in [1.29, 1.82) is 0 Å².